The Balaban J connectivity index is 3.14. The summed E-state index contributed by atoms with van der Waals surface area (Å²) in [6, 6.07) is 0. The van der Waals surface area contributed by atoms with E-state index in [4.69, 9.17) is 0 Å². The smallest absolute Gasteiger partial charge is 0.184 e. The van der Waals surface area contributed by atoms with Crippen molar-refractivity contribution in [2.24, 2.45) is 16.7 Å². The van der Waals surface area contributed by atoms with Gasteiger partial charge in [-0.15, -0.1) is 0 Å². The molecule has 0 N–H and O–H groups in total. The molecule has 0 unspecified atom stereocenters. The van der Waals surface area contributed by atoms with Gasteiger partial charge in [0.05, 0.1) is 0 Å². The molecule has 1 saturated carbocycles. The summed E-state index contributed by atoms with van der Waals surface area (Å²) < 4.78 is 0. The van der Waals surface area contributed by atoms with Gasteiger partial charge in [-0.05, 0) is 18.3 Å². The lowest BCUT2D eigenvalue weighted by molar-refractivity contribution is -0.315. The van der Waals surface area contributed by atoms with Gasteiger partial charge < -0.3 is 19.8 Å². The van der Waals surface area contributed by atoms with E-state index in [9.17, 15) is 24.6 Å². The highest BCUT2D eigenvalue weighted by atomic mass is 16.4. The molecule has 5 heteroatoms. The minimum atomic E-state index is -1.76. The second-order valence-corrected chi connectivity index (χ2v) is 5.08. The number of carbonyl (C=O) groups is 3. The fourth-order valence-corrected chi connectivity index (χ4v) is 2.54. The number of carboxylic acid groups (broad SMARTS) is 2. The quantitative estimate of drug-likeness (QED) is 0.545. The molecule has 0 heterocycles. The lowest BCUT2D eigenvalue weighted by Crippen LogP contribution is -2.51. The molecule has 0 radical (unpaired) electrons. The van der Waals surface area contributed by atoms with E-state index in [1.54, 1.807) is 13.8 Å². The molecule has 0 aromatic rings. The van der Waals surface area contributed by atoms with Crippen LogP contribution in [0, 0.1) is 16.7 Å². The first-order valence-corrected chi connectivity index (χ1v) is 5.11. The van der Waals surface area contributed by atoms with Crippen LogP contribution < -0.4 is 10.2 Å². The van der Waals surface area contributed by atoms with Crippen LogP contribution in [-0.2, 0) is 14.4 Å². The van der Waals surface area contributed by atoms with Crippen molar-refractivity contribution in [3.63, 3.8) is 0 Å². The first kappa shape index (κ1) is 12.7. The van der Waals surface area contributed by atoms with Gasteiger partial charge >= 0.3 is 0 Å². The number of carboxylic acids is 2. The number of hydrogen-bond acceptors (Lipinski definition) is 5. The van der Waals surface area contributed by atoms with Crippen LogP contribution in [0.4, 0.5) is 0 Å². The van der Waals surface area contributed by atoms with Gasteiger partial charge in [-0.1, -0.05) is 20.8 Å². The predicted molar refractivity (Wildman–Crippen MR) is 49.6 cm³/mol. The third-order valence-corrected chi connectivity index (χ3v) is 4.20. The zero-order valence-corrected chi connectivity index (χ0v) is 9.53. The zero-order valence-electron chi connectivity index (χ0n) is 9.53. The largest absolute Gasteiger partial charge is 0.550 e. The molecular weight excluding hydrogens is 212 g/mol. The number of rotatable bonds is 3. The number of aliphatic carboxylic acids is 2. The molecule has 1 rings (SSSR count). The van der Waals surface area contributed by atoms with Gasteiger partial charge in [0.15, 0.2) is 5.78 Å². The van der Waals surface area contributed by atoms with Crippen molar-refractivity contribution in [3.8, 4) is 0 Å². The molecule has 0 amide bonds. The van der Waals surface area contributed by atoms with Crippen LogP contribution in [-0.4, -0.2) is 17.7 Å². The topological polar surface area (TPSA) is 97.3 Å². The van der Waals surface area contributed by atoms with Crippen LogP contribution in [0.1, 0.15) is 33.6 Å². The van der Waals surface area contributed by atoms with Crippen LogP contribution in [0.2, 0.25) is 0 Å². The maximum absolute atomic E-state index is 11.6. The second kappa shape index (κ2) is 3.57. The Labute approximate surface area is 93.5 Å². The average Bonchev–Trinajstić information content (AvgIpc) is 2.37. The highest BCUT2D eigenvalue weighted by Crippen LogP contribution is 2.56. The van der Waals surface area contributed by atoms with Crippen molar-refractivity contribution in [1.29, 1.82) is 0 Å². The Hall–Kier alpha value is -1.39. The molecule has 0 aromatic heterocycles. The van der Waals surface area contributed by atoms with E-state index in [0.717, 1.165) is 0 Å². The summed E-state index contributed by atoms with van der Waals surface area (Å²) in [4.78, 5) is 33.1. The highest BCUT2D eigenvalue weighted by Gasteiger charge is 2.56. The predicted octanol–water partition coefficient (Wildman–Crippen LogP) is -1.50. The van der Waals surface area contributed by atoms with Crippen molar-refractivity contribution in [3.05, 3.63) is 0 Å². The van der Waals surface area contributed by atoms with E-state index in [-0.39, 0.29) is 12.8 Å². The summed E-state index contributed by atoms with van der Waals surface area (Å²) in [7, 11) is 0. The lowest BCUT2D eigenvalue weighted by Gasteiger charge is -2.41. The third kappa shape index (κ3) is 1.50. The first-order valence-electron chi connectivity index (χ1n) is 5.11. The molecule has 0 spiro atoms. The minimum Gasteiger partial charge on any atom is -0.550 e. The van der Waals surface area contributed by atoms with Crippen LogP contribution in [0.25, 0.3) is 0 Å². The van der Waals surface area contributed by atoms with E-state index in [1.165, 1.54) is 6.92 Å². The van der Waals surface area contributed by atoms with E-state index in [2.05, 4.69) is 0 Å². The summed E-state index contributed by atoms with van der Waals surface area (Å²) in [5.74, 6) is -4.82. The summed E-state index contributed by atoms with van der Waals surface area (Å²) in [5, 5.41) is 21.5. The van der Waals surface area contributed by atoms with Crippen LogP contribution in [0.3, 0.4) is 0 Å². The maximum atomic E-state index is 11.6. The third-order valence-electron chi connectivity index (χ3n) is 4.20. The molecule has 0 aromatic carbocycles. The molecule has 0 aliphatic heterocycles. The van der Waals surface area contributed by atoms with E-state index in [1.807, 2.05) is 0 Å². The Morgan fingerprint density at radius 3 is 1.94 bits per heavy atom. The zero-order chi connectivity index (χ0) is 12.7. The maximum Gasteiger partial charge on any atom is 0.184 e. The normalized spacial score (nSPS) is 32.3. The minimum absolute atomic E-state index is 0.228. The summed E-state index contributed by atoms with van der Waals surface area (Å²) in [6.45, 7) is 4.65. The first-order chi connectivity index (χ1) is 7.14. The highest BCUT2D eigenvalue weighted by molar-refractivity contribution is 6.34. The van der Waals surface area contributed by atoms with E-state index >= 15 is 0 Å². The summed E-state index contributed by atoms with van der Waals surface area (Å²) >= 11 is 0. The second-order valence-electron chi connectivity index (χ2n) is 5.08. The Kier molecular flexibility index (Phi) is 2.83. The lowest BCUT2D eigenvalue weighted by atomic mass is 9.63. The summed E-state index contributed by atoms with van der Waals surface area (Å²) in [5.41, 5.74) is -2.14. The molecule has 16 heavy (non-hydrogen) atoms. The van der Waals surface area contributed by atoms with Crippen molar-refractivity contribution < 1.29 is 24.6 Å². The standard InChI is InChI=1S/C11H16O5/c1-10(2)6(8(13)14)4-5-11(10,3)7(12)9(15)16/h6H,4-5H2,1-3H3,(H,13,14)(H,15,16)/p-2/t6-,11-/m0/s1. The van der Waals surface area contributed by atoms with Gasteiger partial charge in [0.1, 0.15) is 5.97 Å². The van der Waals surface area contributed by atoms with Crippen LogP contribution in [0.5, 0.6) is 0 Å². The fraction of sp³-hybridized carbons (Fsp3) is 0.727. The molecule has 0 bridgehead atoms. The summed E-state index contributed by atoms with van der Waals surface area (Å²) in [6.07, 6.45) is 0.482. The van der Waals surface area contributed by atoms with Crippen molar-refractivity contribution in [2.45, 2.75) is 33.6 Å². The SMILES string of the molecule is CC1(C)[C@H](C(=O)[O-])CC[C@@]1(C)C(=O)C(=O)[O-]. The monoisotopic (exact) mass is 226 g/mol. The molecule has 5 nitrogen and oxygen atoms in total. The molecular formula is C11H14O5-2. The number of carbonyl (C=O) groups excluding carboxylic acids is 3. The average molecular weight is 226 g/mol. The molecule has 2 atom stereocenters. The van der Waals surface area contributed by atoms with Gasteiger partial charge in [-0.25, -0.2) is 0 Å². The van der Waals surface area contributed by atoms with Gasteiger partial charge in [-0.2, -0.15) is 0 Å². The molecule has 0 saturated heterocycles. The Morgan fingerprint density at radius 2 is 1.62 bits per heavy atom. The Morgan fingerprint density at radius 1 is 1.12 bits per heavy atom. The molecule has 1 aliphatic carbocycles. The van der Waals surface area contributed by atoms with Gasteiger partial charge in [0, 0.05) is 17.3 Å². The number of ketones is 1. The number of hydrogen-bond donors (Lipinski definition) is 0. The molecule has 1 aliphatic rings. The van der Waals surface area contributed by atoms with Gasteiger partial charge in [0.25, 0.3) is 0 Å². The van der Waals surface area contributed by atoms with Crippen LogP contribution in [0.15, 0.2) is 0 Å². The molecule has 1 fully saturated rings. The van der Waals surface area contributed by atoms with Gasteiger partial charge in [0.2, 0.25) is 0 Å². The number of Topliss-reactive ketones (excluding diaryl/α,β-unsaturated/α-hetero) is 1. The van der Waals surface area contributed by atoms with Crippen molar-refractivity contribution in [2.75, 3.05) is 0 Å². The molecule has 90 valence electrons. The Bertz CT molecular complexity index is 357. The van der Waals surface area contributed by atoms with E-state index in [0.29, 0.717) is 0 Å². The van der Waals surface area contributed by atoms with Crippen LogP contribution >= 0.6 is 0 Å². The van der Waals surface area contributed by atoms with Crippen molar-refractivity contribution >= 4 is 17.7 Å². The van der Waals surface area contributed by atoms with E-state index < -0.39 is 34.5 Å². The fourth-order valence-electron chi connectivity index (χ4n) is 2.54. The van der Waals surface area contributed by atoms with Gasteiger partial charge in [-0.3, -0.25) is 4.79 Å². The van der Waals surface area contributed by atoms with Crippen molar-refractivity contribution in [1.82, 2.24) is 0 Å².